The molecule has 0 fully saturated rings. The molecule has 7 nitrogen and oxygen atoms in total. The predicted molar refractivity (Wildman–Crippen MR) is 115 cm³/mol. The summed E-state index contributed by atoms with van der Waals surface area (Å²) in [6.45, 7) is 17.4. The van der Waals surface area contributed by atoms with Crippen molar-refractivity contribution in [1.82, 2.24) is 5.32 Å². The zero-order chi connectivity index (χ0) is 23.1. The third-order valence-electron chi connectivity index (χ3n) is 4.69. The first-order chi connectivity index (χ1) is 13.9. The van der Waals surface area contributed by atoms with Crippen LogP contribution >= 0.6 is 0 Å². The van der Waals surface area contributed by atoms with E-state index in [-0.39, 0.29) is 12.2 Å². The normalized spacial score (nSPS) is 12.8. The van der Waals surface area contributed by atoms with Gasteiger partial charge in [0.25, 0.3) is 0 Å². The topological polar surface area (TPSA) is 102 Å². The van der Waals surface area contributed by atoms with Crippen LogP contribution in [0.1, 0.15) is 38.8 Å². The second-order valence-corrected chi connectivity index (χ2v) is 7.57. The lowest BCUT2D eigenvalue weighted by molar-refractivity contribution is -0.156. The molecule has 0 spiro atoms. The van der Waals surface area contributed by atoms with Crippen molar-refractivity contribution >= 4 is 23.6 Å². The Morgan fingerprint density at radius 3 is 2.37 bits per heavy atom. The average molecular weight is 415 g/mol. The Balaban J connectivity index is 3.41. The summed E-state index contributed by atoms with van der Waals surface area (Å²) in [7, 11) is 0. The van der Waals surface area contributed by atoms with Gasteiger partial charge in [-0.15, -0.1) is 0 Å². The van der Waals surface area contributed by atoms with E-state index in [0.29, 0.717) is 0 Å². The van der Waals surface area contributed by atoms with E-state index in [0.717, 1.165) is 22.8 Å². The van der Waals surface area contributed by atoms with E-state index in [2.05, 4.69) is 25.1 Å². The van der Waals surface area contributed by atoms with E-state index in [1.807, 2.05) is 31.2 Å². The highest BCUT2D eigenvalue weighted by molar-refractivity contribution is 5.87. The molecule has 0 saturated carbocycles. The molecule has 0 aliphatic carbocycles. The van der Waals surface area contributed by atoms with Gasteiger partial charge in [-0.25, -0.2) is 14.4 Å². The van der Waals surface area contributed by atoms with Gasteiger partial charge in [0.15, 0.2) is 6.10 Å². The minimum Gasteiger partial charge on any atom is -0.465 e. The van der Waals surface area contributed by atoms with E-state index in [1.165, 1.54) is 6.92 Å². The van der Waals surface area contributed by atoms with Gasteiger partial charge >= 0.3 is 18.0 Å². The first-order valence-corrected chi connectivity index (χ1v) is 9.31. The number of carbonyl (C=O) groups is 3. The molecule has 162 valence electrons. The molecule has 0 aromatic heterocycles. The van der Waals surface area contributed by atoms with E-state index in [9.17, 15) is 19.5 Å². The zero-order valence-electron chi connectivity index (χ0n) is 17.9. The Labute approximate surface area is 177 Å². The Morgan fingerprint density at radius 1 is 1.23 bits per heavy atom. The van der Waals surface area contributed by atoms with E-state index >= 15 is 0 Å². The van der Waals surface area contributed by atoms with Crippen LogP contribution in [0.25, 0.3) is 5.57 Å². The van der Waals surface area contributed by atoms with Crippen molar-refractivity contribution in [3.05, 3.63) is 66.8 Å². The fourth-order valence-electron chi connectivity index (χ4n) is 2.91. The lowest BCUT2D eigenvalue weighted by Gasteiger charge is -2.39. The Morgan fingerprint density at radius 2 is 1.87 bits per heavy atom. The van der Waals surface area contributed by atoms with Crippen molar-refractivity contribution in [2.45, 2.75) is 45.3 Å². The summed E-state index contributed by atoms with van der Waals surface area (Å²) >= 11 is 0. The number of rotatable bonds is 10. The summed E-state index contributed by atoms with van der Waals surface area (Å²) in [4.78, 5) is 35.3. The molecule has 2 N–H and O–H groups in total. The van der Waals surface area contributed by atoms with Crippen molar-refractivity contribution in [3.63, 3.8) is 0 Å². The molecule has 0 radical (unpaired) electrons. The van der Waals surface area contributed by atoms with Crippen molar-refractivity contribution in [3.8, 4) is 0 Å². The molecule has 30 heavy (non-hydrogen) atoms. The molecule has 2 atom stereocenters. The van der Waals surface area contributed by atoms with Gasteiger partial charge in [-0.1, -0.05) is 63.4 Å². The summed E-state index contributed by atoms with van der Waals surface area (Å²) < 4.78 is 10.5. The number of esters is 2. The van der Waals surface area contributed by atoms with Crippen LogP contribution in [0.3, 0.4) is 0 Å². The van der Waals surface area contributed by atoms with Gasteiger partial charge in [0.2, 0.25) is 0 Å². The fraction of sp³-hybridized carbons (Fsp3) is 0.348. The molecule has 0 bridgehead atoms. The molecular formula is C23H29NO6. The highest BCUT2D eigenvalue weighted by Gasteiger charge is 2.41. The lowest BCUT2D eigenvalue weighted by atomic mass is 9.74. The van der Waals surface area contributed by atoms with Crippen LogP contribution in [0.2, 0.25) is 0 Å². The molecule has 1 aromatic rings. The number of carboxylic acid groups (broad SMARTS) is 1. The molecule has 0 heterocycles. The van der Waals surface area contributed by atoms with Gasteiger partial charge in [-0.2, -0.15) is 0 Å². The predicted octanol–water partition coefficient (Wildman–Crippen LogP) is 3.85. The summed E-state index contributed by atoms with van der Waals surface area (Å²) in [6, 6.07) is 6.52. The first-order valence-electron chi connectivity index (χ1n) is 9.31. The minimum absolute atomic E-state index is 0.167. The molecule has 0 saturated heterocycles. The number of ether oxygens (including phenoxy) is 2. The fourth-order valence-corrected chi connectivity index (χ4v) is 2.91. The number of allylic oxidation sites excluding steroid dienone is 1. The lowest BCUT2D eigenvalue weighted by Crippen LogP contribution is -2.56. The number of nitrogens with one attached hydrogen (secondary N) is 1. The maximum atomic E-state index is 11.9. The Kier molecular flexibility index (Phi) is 8.59. The van der Waals surface area contributed by atoms with Crippen LogP contribution in [-0.2, 0) is 24.5 Å². The smallest absolute Gasteiger partial charge is 0.405 e. The van der Waals surface area contributed by atoms with Crippen LogP contribution in [0.4, 0.5) is 4.79 Å². The molecule has 0 aliphatic rings. The zero-order valence-corrected chi connectivity index (χ0v) is 17.9. The Hall–Kier alpha value is -3.35. The van der Waals surface area contributed by atoms with Gasteiger partial charge in [0.1, 0.15) is 6.61 Å². The maximum Gasteiger partial charge on any atom is 0.405 e. The van der Waals surface area contributed by atoms with Crippen molar-refractivity contribution in [1.29, 1.82) is 0 Å². The second-order valence-electron chi connectivity index (χ2n) is 7.57. The van der Waals surface area contributed by atoms with Crippen LogP contribution < -0.4 is 5.32 Å². The number of benzene rings is 1. The largest absolute Gasteiger partial charge is 0.465 e. The number of carbonyl (C=O) groups excluding carboxylic acids is 2. The molecule has 1 aromatic carbocycles. The monoisotopic (exact) mass is 415 g/mol. The average Bonchev–Trinajstić information content (AvgIpc) is 2.68. The SMILES string of the molecule is C=CC(=O)OC(COC(=O)C(=C)C)C(NC(=O)O)C(C)(C)c1cccc(C(=C)C)c1. The summed E-state index contributed by atoms with van der Waals surface area (Å²) in [6.07, 6.45) is -1.46. The summed E-state index contributed by atoms with van der Waals surface area (Å²) in [5.74, 6) is -1.44. The molecule has 7 heteroatoms. The highest BCUT2D eigenvalue weighted by atomic mass is 16.6. The molecular weight excluding hydrogens is 386 g/mol. The summed E-state index contributed by atoms with van der Waals surface area (Å²) in [5, 5.41) is 11.9. The number of hydrogen-bond acceptors (Lipinski definition) is 5. The van der Waals surface area contributed by atoms with Gasteiger partial charge < -0.3 is 19.9 Å². The third kappa shape index (κ3) is 6.62. The van der Waals surface area contributed by atoms with Crippen molar-refractivity contribution < 1.29 is 29.0 Å². The quantitative estimate of drug-likeness (QED) is 0.445. The standard InChI is InChI=1S/C23H29NO6/c1-8-19(25)30-18(13-29-21(26)15(4)5)20(24-22(27)28)23(6,7)17-11-9-10-16(12-17)14(2)3/h8-12,18,20,24H,1-2,4,13H2,3,5-7H3,(H,27,28). The summed E-state index contributed by atoms with van der Waals surface area (Å²) in [5.41, 5.74) is 1.84. The number of amides is 1. The van der Waals surface area contributed by atoms with Crippen molar-refractivity contribution in [2.75, 3.05) is 6.61 Å². The Bertz CT molecular complexity index is 855. The number of hydrogen-bond donors (Lipinski definition) is 2. The van der Waals surface area contributed by atoms with Gasteiger partial charge in [0.05, 0.1) is 6.04 Å². The van der Waals surface area contributed by atoms with E-state index in [1.54, 1.807) is 13.8 Å². The highest BCUT2D eigenvalue weighted by Crippen LogP contribution is 2.32. The van der Waals surface area contributed by atoms with E-state index in [4.69, 9.17) is 9.47 Å². The van der Waals surface area contributed by atoms with Crippen LogP contribution in [0.5, 0.6) is 0 Å². The first kappa shape index (κ1) is 24.7. The van der Waals surface area contributed by atoms with E-state index < -0.39 is 35.6 Å². The maximum absolute atomic E-state index is 11.9. The third-order valence-corrected chi connectivity index (χ3v) is 4.69. The minimum atomic E-state index is -1.31. The van der Waals surface area contributed by atoms with Gasteiger partial charge in [-0.3, -0.25) is 0 Å². The molecule has 2 unspecified atom stereocenters. The molecule has 0 aliphatic heterocycles. The van der Waals surface area contributed by atoms with Gasteiger partial charge in [-0.05, 0) is 25.0 Å². The van der Waals surface area contributed by atoms with Crippen molar-refractivity contribution in [2.24, 2.45) is 0 Å². The van der Waals surface area contributed by atoms with Crippen LogP contribution in [0.15, 0.2) is 55.7 Å². The second kappa shape index (κ2) is 10.4. The van der Waals surface area contributed by atoms with Crippen LogP contribution in [-0.4, -0.2) is 41.9 Å². The molecule has 1 rings (SSSR count). The molecule has 1 amide bonds. The van der Waals surface area contributed by atoms with Crippen LogP contribution in [0, 0.1) is 0 Å². The van der Waals surface area contributed by atoms with Gasteiger partial charge in [0, 0.05) is 17.1 Å².